The van der Waals surface area contributed by atoms with Gasteiger partial charge in [-0.1, -0.05) is 48.0 Å². The van der Waals surface area contributed by atoms with Crippen molar-refractivity contribution in [3.63, 3.8) is 0 Å². The summed E-state index contributed by atoms with van der Waals surface area (Å²) in [6, 6.07) is 18.2. The van der Waals surface area contributed by atoms with Gasteiger partial charge < -0.3 is 11.1 Å². The molecule has 0 radical (unpaired) electrons. The Labute approximate surface area is 174 Å². The van der Waals surface area contributed by atoms with Gasteiger partial charge in [0.25, 0.3) is 0 Å². The number of anilines is 2. The second-order valence-electron chi connectivity index (χ2n) is 7.33. The van der Waals surface area contributed by atoms with Gasteiger partial charge in [-0.2, -0.15) is 0 Å². The van der Waals surface area contributed by atoms with E-state index < -0.39 is 0 Å². The zero-order chi connectivity index (χ0) is 19.8. The number of nitrogens with zero attached hydrogens (tertiary/aromatic N) is 3. The van der Waals surface area contributed by atoms with Crippen LogP contribution in [0.5, 0.6) is 0 Å². The molecule has 0 saturated heterocycles. The Bertz CT molecular complexity index is 1190. The van der Waals surface area contributed by atoms with Crippen LogP contribution in [-0.2, 0) is 0 Å². The molecule has 1 aliphatic rings. The number of nitrogens with one attached hydrogen (secondary N) is 1. The van der Waals surface area contributed by atoms with Crippen LogP contribution in [0, 0.1) is 0 Å². The molecule has 0 aliphatic heterocycles. The summed E-state index contributed by atoms with van der Waals surface area (Å²) in [5, 5.41) is 4.99. The summed E-state index contributed by atoms with van der Waals surface area (Å²) < 4.78 is 0. The second kappa shape index (κ2) is 7.33. The summed E-state index contributed by atoms with van der Waals surface area (Å²) in [6.45, 7) is 0. The maximum absolute atomic E-state index is 6.55. The predicted molar refractivity (Wildman–Crippen MR) is 119 cm³/mol. The van der Waals surface area contributed by atoms with E-state index in [2.05, 4.69) is 10.3 Å². The summed E-state index contributed by atoms with van der Waals surface area (Å²) in [5.41, 5.74) is 10.4. The van der Waals surface area contributed by atoms with Gasteiger partial charge in [0.05, 0.1) is 21.9 Å². The zero-order valence-electron chi connectivity index (χ0n) is 15.8. The number of fused-ring (bicyclic) bond motifs is 1. The molecule has 2 heterocycles. The number of pyridine rings is 1. The van der Waals surface area contributed by atoms with Crippen molar-refractivity contribution in [1.29, 1.82) is 0 Å². The van der Waals surface area contributed by atoms with E-state index in [0.29, 0.717) is 22.7 Å². The summed E-state index contributed by atoms with van der Waals surface area (Å²) in [5.74, 6) is 1.04. The number of aromatic nitrogens is 3. The molecule has 29 heavy (non-hydrogen) atoms. The fourth-order valence-electron chi connectivity index (χ4n) is 3.58. The average Bonchev–Trinajstić information content (AvgIpc) is 2.72. The third-order valence-corrected chi connectivity index (χ3v) is 5.64. The van der Waals surface area contributed by atoms with Gasteiger partial charge >= 0.3 is 0 Å². The predicted octanol–water partition coefficient (Wildman–Crippen LogP) is 5.56. The van der Waals surface area contributed by atoms with E-state index in [0.717, 1.165) is 46.3 Å². The number of nitrogens with two attached hydrogens (primary N) is 1. The van der Waals surface area contributed by atoms with Crippen molar-refractivity contribution >= 4 is 34.1 Å². The van der Waals surface area contributed by atoms with E-state index in [1.54, 1.807) is 6.20 Å². The van der Waals surface area contributed by atoms with Gasteiger partial charge in [-0.15, -0.1) is 0 Å². The molecule has 4 aromatic rings. The third kappa shape index (κ3) is 3.38. The summed E-state index contributed by atoms with van der Waals surface area (Å²) >= 11 is 6.55. The van der Waals surface area contributed by atoms with Gasteiger partial charge in [0.2, 0.25) is 0 Å². The van der Waals surface area contributed by atoms with E-state index >= 15 is 0 Å². The minimum Gasteiger partial charge on any atom is -0.381 e. The molecule has 0 amide bonds. The maximum Gasteiger partial charge on any atom is 0.169 e. The van der Waals surface area contributed by atoms with Gasteiger partial charge in [0.15, 0.2) is 11.6 Å². The lowest BCUT2D eigenvalue weighted by atomic mass is 9.93. The lowest BCUT2D eigenvalue weighted by Gasteiger charge is -2.27. The zero-order valence-corrected chi connectivity index (χ0v) is 16.5. The van der Waals surface area contributed by atoms with Crippen LogP contribution in [0.1, 0.15) is 19.3 Å². The largest absolute Gasteiger partial charge is 0.381 e. The maximum atomic E-state index is 6.55. The first-order chi connectivity index (χ1) is 14.2. The Balaban J connectivity index is 1.71. The summed E-state index contributed by atoms with van der Waals surface area (Å²) in [7, 11) is 0. The van der Waals surface area contributed by atoms with E-state index in [4.69, 9.17) is 27.3 Å². The van der Waals surface area contributed by atoms with Crippen LogP contribution in [0.15, 0.2) is 60.8 Å². The third-order valence-electron chi connectivity index (χ3n) is 5.35. The Morgan fingerprint density at radius 1 is 0.931 bits per heavy atom. The quantitative estimate of drug-likeness (QED) is 0.468. The van der Waals surface area contributed by atoms with Crippen molar-refractivity contribution in [3.8, 4) is 22.5 Å². The topological polar surface area (TPSA) is 76.7 Å². The molecular formula is C23H20ClN5. The highest BCUT2D eigenvalue weighted by atomic mass is 35.5. The number of halogens is 1. The molecule has 0 spiro atoms. The van der Waals surface area contributed by atoms with E-state index in [-0.39, 0.29) is 0 Å². The summed E-state index contributed by atoms with van der Waals surface area (Å²) in [4.78, 5) is 14.0. The molecule has 0 unspecified atom stereocenters. The molecule has 5 nitrogen and oxygen atoms in total. The monoisotopic (exact) mass is 401 g/mol. The van der Waals surface area contributed by atoms with Gasteiger partial charge in [-0.25, -0.2) is 9.97 Å². The van der Waals surface area contributed by atoms with Gasteiger partial charge in [0.1, 0.15) is 0 Å². The van der Waals surface area contributed by atoms with E-state index in [1.807, 2.05) is 54.6 Å². The fourth-order valence-corrected chi connectivity index (χ4v) is 3.86. The standard InChI is InChI=1S/C23H20ClN5/c24-18-13-16(12-15-8-5-11-26-19(15)18)21-20(14-6-2-1-3-7-14)28-22(25)23(29-21)27-17-9-4-10-17/h1-3,5-8,11-13,17H,4,9-10H2,(H2,25,28)(H,27,29). The molecule has 2 aromatic heterocycles. The van der Waals surface area contributed by atoms with Crippen LogP contribution in [-0.4, -0.2) is 21.0 Å². The Morgan fingerprint density at radius 3 is 2.48 bits per heavy atom. The van der Waals surface area contributed by atoms with Gasteiger partial charge in [0, 0.05) is 28.8 Å². The normalized spacial score (nSPS) is 14.0. The molecule has 144 valence electrons. The Hall–Kier alpha value is -3.18. The van der Waals surface area contributed by atoms with Crippen LogP contribution in [0.3, 0.4) is 0 Å². The van der Waals surface area contributed by atoms with Crippen LogP contribution < -0.4 is 11.1 Å². The van der Waals surface area contributed by atoms with Crippen molar-refractivity contribution in [2.24, 2.45) is 0 Å². The Morgan fingerprint density at radius 2 is 1.72 bits per heavy atom. The van der Waals surface area contributed by atoms with Crippen molar-refractivity contribution in [3.05, 3.63) is 65.8 Å². The minimum absolute atomic E-state index is 0.409. The number of nitrogen functional groups attached to an aromatic ring is 1. The molecule has 1 aliphatic carbocycles. The van der Waals surface area contributed by atoms with Gasteiger partial charge in [-0.3, -0.25) is 4.98 Å². The SMILES string of the molecule is Nc1nc(-c2ccccc2)c(-c2cc(Cl)c3ncccc3c2)nc1NC1CCC1. The highest BCUT2D eigenvalue weighted by Gasteiger charge is 2.22. The molecule has 3 N–H and O–H groups in total. The van der Waals surface area contributed by atoms with Crippen LogP contribution >= 0.6 is 11.6 Å². The molecule has 0 atom stereocenters. The molecule has 1 fully saturated rings. The fraction of sp³-hybridized carbons (Fsp3) is 0.174. The lowest BCUT2D eigenvalue weighted by Crippen LogP contribution is -2.28. The highest BCUT2D eigenvalue weighted by Crippen LogP contribution is 2.36. The molecule has 1 saturated carbocycles. The molecule has 6 heteroatoms. The lowest BCUT2D eigenvalue weighted by molar-refractivity contribution is 0.444. The number of rotatable bonds is 4. The van der Waals surface area contributed by atoms with Crippen LogP contribution in [0.2, 0.25) is 5.02 Å². The molecule has 2 aromatic carbocycles. The second-order valence-corrected chi connectivity index (χ2v) is 7.73. The van der Waals surface area contributed by atoms with Crippen molar-refractivity contribution in [2.75, 3.05) is 11.1 Å². The summed E-state index contributed by atoms with van der Waals surface area (Å²) in [6.07, 6.45) is 5.23. The number of hydrogen-bond donors (Lipinski definition) is 2. The first kappa shape index (κ1) is 17.9. The number of hydrogen-bond acceptors (Lipinski definition) is 5. The van der Waals surface area contributed by atoms with Crippen LogP contribution in [0.25, 0.3) is 33.4 Å². The molecular weight excluding hydrogens is 382 g/mol. The van der Waals surface area contributed by atoms with E-state index in [9.17, 15) is 0 Å². The first-order valence-corrected chi connectivity index (χ1v) is 10.1. The average molecular weight is 402 g/mol. The van der Waals surface area contributed by atoms with Crippen molar-refractivity contribution < 1.29 is 0 Å². The smallest absolute Gasteiger partial charge is 0.169 e. The molecule has 5 rings (SSSR count). The van der Waals surface area contributed by atoms with E-state index in [1.165, 1.54) is 6.42 Å². The highest BCUT2D eigenvalue weighted by molar-refractivity contribution is 6.35. The van der Waals surface area contributed by atoms with Crippen molar-refractivity contribution in [2.45, 2.75) is 25.3 Å². The van der Waals surface area contributed by atoms with Crippen molar-refractivity contribution in [1.82, 2.24) is 15.0 Å². The minimum atomic E-state index is 0.409. The van der Waals surface area contributed by atoms with Gasteiger partial charge in [-0.05, 0) is 37.5 Å². The first-order valence-electron chi connectivity index (χ1n) is 9.73. The molecule has 0 bridgehead atoms. The van der Waals surface area contributed by atoms with Crippen LogP contribution in [0.4, 0.5) is 11.6 Å². The Kier molecular flexibility index (Phi) is 4.52. The number of benzene rings is 2.